The van der Waals surface area contributed by atoms with E-state index < -0.39 is 8.07 Å². The summed E-state index contributed by atoms with van der Waals surface area (Å²) in [5.41, 5.74) is 1.80. The van der Waals surface area contributed by atoms with E-state index in [0.29, 0.717) is 0 Å². The molecule has 1 aromatic rings. The predicted molar refractivity (Wildman–Crippen MR) is 66.4 cm³/mol. The van der Waals surface area contributed by atoms with E-state index in [2.05, 4.69) is 43.8 Å². The molecule has 0 radical (unpaired) electrons. The molecule has 0 atom stereocenters. The van der Waals surface area contributed by atoms with Crippen molar-refractivity contribution in [3.05, 3.63) is 43.3 Å². The molecule has 0 aliphatic heterocycles. The summed E-state index contributed by atoms with van der Waals surface area (Å²) in [6.07, 6.45) is 3.70. The maximum absolute atomic E-state index is 4.38. The normalized spacial score (nSPS) is 11.1. The van der Waals surface area contributed by atoms with Gasteiger partial charge in [0.1, 0.15) is 0 Å². The molecule has 74 valence electrons. The molecule has 0 aromatic carbocycles. The molecule has 0 spiro atoms. The zero-order valence-electron chi connectivity index (χ0n) is 9.17. The molecule has 0 saturated heterocycles. The molecule has 14 heavy (non-hydrogen) atoms. The summed E-state index contributed by atoms with van der Waals surface area (Å²) in [5, 5.41) is 1.37. The van der Waals surface area contributed by atoms with Gasteiger partial charge in [0.05, 0.1) is 13.8 Å². The summed E-state index contributed by atoms with van der Waals surface area (Å²) in [5.74, 6) is 0. The predicted octanol–water partition coefficient (Wildman–Crippen LogP) is 2.83. The minimum Gasteiger partial charge on any atom is -0.256 e. The minimum absolute atomic E-state index is 0.882. The van der Waals surface area contributed by atoms with E-state index in [1.165, 1.54) is 5.19 Å². The first-order chi connectivity index (χ1) is 6.45. The quantitative estimate of drug-likeness (QED) is 0.544. The van der Waals surface area contributed by atoms with E-state index in [1.807, 2.05) is 12.3 Å². The van der Waals surface area contributed by atoms with Crippen LogP contribution >= 0.6 is 0 Å². The highest BCUT2D eigenvalue weighted by atomic mass is 28.3. The Morgan fingerprint density at radius 2 is 2.00 bits per heavy atom. The van der Waals surface area contributed by atoms with Gasteiger partial charge in [-0.15, -0.1) is 0 Å². The van der Waals surface area contributed by atoms with Crippen LogP contribution in [0.3, 0.4) is 0 Å². The third-order valence-corrected chi connectivity index (χ3v) is 4.23. The van der Waals surface area contributed by atoms with Crippen molar-refractivity contribution in [2.75, 3.05) is 0 Å². The van der Waals surface area contributed by atoms with Crippen LogP contribution in [-0.4, -0.2) is 13.1 Å². The maximum atomic E-state index is 4.38. The van der Waals surface area contributed by atoms with E-state index in [-0.39, 0.29) is 0 Å². The third-order valence-electron chi connectivity index (χ3n) is 2.20. The molecule has 0 unspecified atom stereocenters. The van der Waals surface area contributed by atoms with Crippen molar-refractivity contribution in [2.24, 2.45) is 0 Å². The van der Waals surface area contributed by atoms with Crippen LogP contribution in [0, 0.1) is 0 Å². The molecule has 1 heterocycles. The first kappa shape index (κ1) is 10.9. The largest absolute Gasteiger partial charge is 0.256 e. The molecule has 0 aliphatic carbocycles. The average molecular weight is 203 g/mol. The van der Waals surface area contributed by atoms with E-state index in [4.69, 9.17) is 0 Å². The van der Waals surface area contributed by atoms with Gasteiger partial charge in [-0.05, 0) is 16.8 Å². The molecule has 1 aromatic heterocycles. The Hall–Kier alpha value is -1.15. The zero-order chi connectivity index (χ0) is 10.8. The Bertz CT molecular complexity index is 344. The Morgan fingerprint density at radius 3 is 2.36 bits per heavy atom. The monoisotopic (exact) mass is 203 g/mol. The molecule has 0 bridgehead atoms. The SMILES string of the molecule is C=CC(=C)c1ccc([Si](C)(C)C)cn1. The lowest BCUT2D eigenvalue weighted by Crippen LogP contribution is -2.37. The molecule has 0 fully saturated rings. The van der Waals surface area contributed by atoms with Gasteiger partial charge < -0.3 is 0 Å². The number of nitrogens with zero attached hydrogens (tertiary/aromatic N) is 1. The fourth-order valence-corrected chi connectivity index (χ4v) is 2.17. The molecule has 0 amide bonds. The van der Waals surface area contributed by atoms with Gasteiger partial charge >= 0.3 is 0 Å². The van der Waals surface area contributed by atoms with Crippen molar-refractivity contribution in [1.29, 1.82) is 0 Å². The standard InChI is InChI=1S/C12H17NSi/c1-6-10(2)12-8-7-11(9-13-12)14(3,4)5/h6-9H,1-2H2,3-5H3. The van der Waals surface area contributed by atoms with Crippen LogP contribution in [0.2, 0.25) is 19.6 Å². The fraction of sp³-hybridized carbons (Fsp3) is 0.250. The fourth-order valence-electron chi connectivity index (χ4n) is 1.13. The van der Waals surface area contributed by atoms with Crippen molar-refractivity contribution >= 4 is 18.8 Å². The second-order valence-corrected chi connectivity index (χ2v) is 9.49. The summed E-state index contributed by atoms with van der Waals surface area (Å²) in [6, 6.07) is 4.18. The van der Waals surface area contributed by atoms with Crippen molar-refractivity contribution in [3.63, 3.8) is 0 Å². The van der Waals surface area contributed by atoms with Crippen molar-refractivity contribution in [1.82, 2.24) is 4.98 Å². The van der Waals surface area contributed by atoms with Crippen LogP contribution in [0.25, 0.3) is 5.57 Å². The number of rotatable bonds is 3. The number of aromatic nitrogens is 1. The number of hydrogen-bond acceptors (Lipinski definition) is 1. The van der Waals surface area contributed by atoms with Crippen LogP contribution in [-0.2, 0) is 0 Å². The first-order valence-electron chi connectivity index (χ1n) is 4.73. The number of pyridine rings is 1. The Morgan fingerprint density at radius 1 is 1.36 bits per heavy atom. The second-order valence-electron chi connectivity index (χ2n) is 4.41. The lowest BCUT2D eigenvalue weighted by molar-refractivity contribution is 1.29. The molecule has 0 N–H and O–H groups in total. The van der Waals surface area contributed by atoms with Gasteiger partial charge in [-0.1, -0.05) is 44.9 Å². The molecule has 1 rings (SSSR count). The summed E-state index contributed by atoms with van der Waals surface area (Å²) in [6.45, 7) is 14.5. The van der Waals surface area contributed by atoms with E-state index in [9.17, 15) is 0 Å². The first-order valence-corrected chi connectivity index (χ1v) is 8.23. The van der Waals surface area contributed by atoms with Gasteiger partial charge in [0.15, 0.2) is 0 Å². The molecule has 2 heteroatoms. The van der Waals surface area contributed by atoms with Crippen LogP contribution < -0.4 is 5.19 Å². The minimum atomic E-state index is -1.22. The molecule has 1 nitrogen and oxygen atoms in total. The summed E-state index contributed by atoms with van der Waals surface area (Å²) < 4.78 is 0. The Kier molecular flexibility index (Phi) is 3.06. The Labute approximate surface area is 87.2 Å². The van der Waals surface area contributed by atoms with Gasteiger partial charge in [-0.2, -0.15) is 0 Å². The lowest BCUT2D eigenvalue weighted by Gasteiger charge is -2.15. The van der Waals surface area contributed by atoms with Crippen molar-refractivity contribution in [3.8, 4) is 0 Å². The smallest absolute Gasteiger partial charge is 0.0796 e. The van der Waals surface area contributed by atoms with Crippen LogP contribution in [0.5, 0.6) is 0 Å². The van der Waals surface area contributed by atoms with Gasteiger partial charge in [0, 0.05) is 6.20 Å². The molecule has 0 saturated carbocycles. The summed E-state index contributed by atoms with van der Waals surface area (Å²) >= 11 is 0. The highest BCUT2D eigenvalue weighted by Gasteiger charge is 2.16. The second kappa shape index (κ2) is 3.92. The van der Waals surface area contributed by atoms with Crippen LogP contribution in [0.15, 0.2) is 37.6 Å². The highest BCUT2D eigenvalue weighted by Crippen LogP contribution is 2.09. The third kappa shape index (κ3) is 2.42. The van der Waals surface area contributed by atoms with E-state index in [0.717, 1.165) is 11.3 Å². The topological polar surface area (TPSA) is 12.9 Å². The zero-order valence-corrected chi connectivity index (χ0v) is 10.2. The maximum Gasteiger partial charge on any atom is 0.0796 e. The average Bonchev–Trinajstić information content (AvgIpc) is 2.15. The number of hydrogen-bond donors (Lipinski definition) is 0. The van der Waals surface area contributed by atoms with Gasteiger partial charge in [-0.3, -0.25) is 4.98 Å². The van der Waals surface area contributed by atoms with Crippen molar-refractivity contribution in [2.45, 2.75) is 19.6 Å². The summed E-state index contributed by atoms with van der Waals surface area (Å²) in [4.78, 5) is 4.38. The van der Waals surface area contributed by atoms with Gasteiger partial charge in [0.25, 0.3) is 0 Å². The molecular formula is C12H17NSi. The van der Waals surface area contributed by atoms with Gasteiger partial charge in [-0.25, -0.2) is 0 Å². The van der Waals surface area contributed by atoms with Crippen LogP contribution in [0.1, 0.15) is 5.69 Å². The molecular weight excluding hydrogens is 186 g/mol. The lowest BCUT2D eigenvalue weighted by atomic mass is 10.2. The molecule has 0 aliphatic rings. The number of allylic oxidation sites excluding steroid dienone is 2. The van der Waals surface area contributed by atoms with Gasteiger partial charge in [0.2, 0.25) is 0 Å². The van der Waals surface area contributed by atoms with Crippen molar-refractivity contribution < 1.29 is 0 Å². The van der Waals surface area contributed by atoms with Crippen LogP contribution in [0.4, 0.5) is 0 Å². The highest BCUT2D eigenvalue weighted by molar-refractivity contribution is 6.88. The van der Waals surface area contributed by atoms with E-state index in [1.54, 1.807) is 6.08 Å². The summed E-state index contributed by atoms with van der Waals surface area (Å²) in [7, 11) is -1.22. The Balaban J connectivity index is 3.00. The van der Waals surface area contributed by atoms with E-state index >= 15 is 0 Å².